The molecule has 0 amide bonds. The van der Waals surface area contributed by atoms with Gasteiger partial charge in [0.2, 0.25) is 0 Å². The van der Waals surface area contributed by atoms with E-state index >= 15 is 0 Å². The topological polar surface area (TPSA) is 46.5 Å². The van der Waals surface area contributed by atoms with Gasteiger partial charge in [0.25, 0.3) is 10.0 Å². The van der Waals surface area contributed by atoms with Gasteiger partial charge in [0.1, 0.15) is 0 Å². The average Bonchev–Trinajstić information content (AvgIpc) is 1.90. The fourth-order valence-electron chi connectivity index (χ4n) is 0.579. The van der Waals surface area contributed by atoms with Gasteiger partial charge in [-0.3, -0.25) is 0 Å². The van der Waals surface area contributed by atoms with E-state index < -0.39 is 10.0 Å². The molecule has 0 aliphatic carbocycles. The number of hydrogen-bond acceptors (Lipinski definition) is 3. The second kappa shape index (κ2) is 3.11. The van der Waals surface area contributed by atoms with Crippen molar-refractivity contribution in [1.82, 2.24) is 0 Å². The van der Waals surface area contributed by atoms with E-state index in [-0.39, 0.29) is 10.3 Å². The van der Waals surface area contributed by atoms with E-state index in [1.165, 1.54) is 11.8 Å². The largest absolute Gasteiger partial charge is 0.255 e. The summed E-state index contributed by atoms with van der Waals surface area (Å²) < 4.78 is 25.1. The molecule has 0 atom stereocenters. The number of halogens is 1. The summed E-state index contributed by atoms with van der Waals surface area (Å²) in [6.07, 6.45) is 0.632. The maximum Gasteiger partial charge on any atom is 0.255 e. The summed E-state index contributed by atoms with van der Waals surface area (Å²) in [5, 5.41) is 0. The molecule has 0 unspecified atom stereocenters. The van der Waals surface area contributed by atoms with E-state index in [0.29, 0.717) is 6.42 Å². The van der Waals surface area contributed by atoms with Crippen LogP contribution < -0.4 is 0 Å². The van der Waals surface area contributed by atoms with Crippen molar-refractivity contribution in [3.8, 4) is 0 Å². The Morgan fingerprint density at radius 3 is 3.00 bits per heavy atom. The van der Waals surface area contributed by atoms with Crippen LogP contribution in [0.4, 0.5) is 0 Å². The van der Waals surface area contributed by atoms with Gasteiger partial charge >= 0.3 is 0 Å². The first-order valence-electron chi connectivity index (χ1n) is 2.71. The number of nitrogens with zero attached hydrogens (tertiary/aromatic N) is 1. The highest BCUT2D eigenvalue weighted by Crippen LogP contribution is 2.16. The standard InChI is InChI=1S/C4H6ClNO2S2/c5-4-6-10(7,8)3-1-2-9-4/h1-3H2. The van der Waals surface area contributed by atoms with Crippen molar-refractivity contribution in [2.75, 3.05) is 11.5 Å². The third-order valence-electron chi connectivity index (χ3n) is 0.979. The maximum atomic E-state index is 10.8. The molecule has 3 nitrogen and oxygen atoms in total. The predicted octanol–water partition coefficient (Wildman–Crippen LogP) is 1.05. The monoisotopic (exact) mass is 199 g/mol. The lowest BCUT2D eigenvalue weighted by Gasteiger charge is -1.88. The molecule has 10 heavy (non-hydrogen) atoms. The third-order valence-corrected chi connectivity index (χ3v) is 3.69. The highest BCUT2D eigenvalue weighted by atomic mass is 35.5. The minimum Gasteiger partial charge on any atom is -0.205 e. The van der Waals surface area contributed by atoms with E-state index in [0.717, 1.165) is 5.75 Å². The van der Waals surface area contributed by atoms with E-state index in [4.69, 9.17) is 11.6 Å². The van der Waals surface area contributed by atoms with Crippen LogP contribution in [0.1, 0.15) is 6.42 Å². The quantitative estimate of drug-likeness (QED) is 0.586. The van der Waals surface area contributed by atoms with Gasteiger partial charge in [0, 0.05) is 5.75 Å². The summed E-state index contributed by atoms with van der Waals surface area (Å²) in [4.78, 5) is 0. The van der Waals surface area contributed by atoms with Gasteiger partial charge in [-0.05, 0) is 6.42 Å². The van der Waals surface area contributed by atoms with Gasteiger partial charge < -0.3 is 0 Å². The van der Waals surface area contributed by atoms with Gasteiger partial charge in [-0.1, -0.05) is 23.4 Å². The molecule has 0 saturated carbocycles. The van der Waals surface area contributed by atoms with E-state index in [1.807, 2.05) is 0 Å². The molecule has 1 aliphatic rings. The van der Waals surface area contributed by atoms with E-state index in [1.54, 1.807) is 0 Å². The minimum atomic E-state index is -3.23. The summed E-state index contributed by atoms with van der Waals surface area (Å²) in [5.74, 6) is 0.859. The molecular formula is C4H6ClNO2S2. The van der Waals surface area contributed by atoms with Crippen molar-refractivity contribution in [3.05, 3.63) is 0 Å². The molecule has 0 aromatic rings. The molecule has 58 valence electrons. The number of hydrogen-bond donors (Lipinski definition) is 0. The van der Waals surface area contributed by atoms with Gasteiger partial charge in [0.05, 0.1) is 5.75 Å². The van der Waals surface area contributed by atoms with Gasteiger partial charge in [0.15, 0.2) is 4.50 Å². The summed E-state index contributed by atoms with van der Waals surface area (Å²) in [6, 6.07) is 0. The molecule has 0 fully saturated rings. The van der Waals surface area contributed by atoms with Crippen molar-refractivity contribution in [3.63, 3.8) is 0 Å². The Labute approximate surface area is 68.9 Å². The molecule has 0 N–H and O–H groups in total. The Morgan fingerprint density at radius 1 is 1.60 bits per heavy atom. The highest BCUT2D eigenvalue weighted by Gasteiger charge is 2.13. The van der Waals surface area contributed by atoms with Crippen LogP contribution in [0.3, 0.4) is 0 Å². The lowest BCUT2D eigenvalue weighted by molar-refractivity contribution is 0.597. The first kappa shape index (κ1) is 8.36. The van der Waals surface area contributed by atoms with Crippen molar-refractivity contribution >= 4 is 37.9 Å². The lowest BCUT2D eigenvalue weighted by atomic mass is 10.6. The molecule has 1 rings (SSSR count). The van der Waals surface area contributed by atoms with Crippen LogP contribution in [-0.2, 0) is 10.0 Å². The van der Waals surface area contributed by atoms with Gasteiger partial charge in [-0.15, -0.1) is 4.40 Å². The first-order valence-corrected chi connectivity index (χ1v) is 5.68. The smallest absolute Gasteiger partial charge is 0.205 e. The fourth-order valence-corrected chi connectivity index (χ4v) is 3.14. The Bertz CT molecular complexity index is 246. The Morgan fingerprint density at radius 2 is 2.30 bits per heavy atom. The zero-order chi connectivity index (χ0) is 7.61. The van der Waals surface area contributed by atoms with Crippen molar-refractivity contribution in [2.24, 2.45) is 4.40 Å². The van der Waals surface area contributed by atoms with Crippen LogP contribution >= 0.6 is 23.4 Å². The normalized spacial score (nSPS) is 25.1. The molecular weight excluding hydrogens is 194 g/mol. The van der Waals surface area contributed by atoms with Crippen LogP contribution in [0.5, 0.6) is 0 Å². The highest BCUT2D eigenvalue weighted by molar-refractivity contribution is 8.17. The van der Waals surface area contributed by atoms with Crippen LogP contribution in [-0.4, -0.2) is 24.4 Å². The summed E-state index contributed by atoms with van der Waals surface area (Å²) in [5.41, 5.74) is 0. The average molecular weight is 200 g/mol. The predicted molar refractivity (Wildman–Crippen MR) is 44.1 cm³/mol. The second-order valence-corrected chi connectivity index (χ2v) is 5.25. The minimum absolute atomic E-state index is 0.121. The van der Waals surface area contributed by atoms with Crippen molar-refractivity contribution in [1.29, 1.82) is 0 Å². The summed E-state index contributed by atoms with van der Waals surface area (Å²) >= 11 is 6.72. The van der Waals surface area contributed by atoms with Crippen LogP contribution in [0.2, 0.25) is 0 Å². The third kappa shape index (κ3) is 2.48. The van der Waals surface area contributed by atoms with Crippen LogP contribution in [0.15, 0.2) is 4.40 Å². The Hall–Kier alpha value is 0.260. The molecule has 6 heteroatoms. The lowest BCUT2D eigenvalue weighted by Crippen LogP contribution is -2.00. The van der Waals surface area contributed by atoms with Crippen molar-refractivity contribution < 1.29 is 8.42 Å². The van der Waals surface area contributed by atoms with E-state index in [2.05, 4.69) is 4.40 Å². The first-order chi connectivity index (χ1) is 4.60. The van der Waals surface area contributed by atoms with Gasteiger partial charge in [-0.25, -0.2) is 8.42 Å². The maximum absolute atomic E-state index is 10.8. The molecule has 1 heterocycles. The molecule has 0 aromatic carbocycles. The molecule has 0 spiro atoms. The SMILES string of the molecule is O=S1(=O)CCCSC(Cl)=N1. The Balaban J connectivity index is 2.88. The molecule has 0 saturated heterocycles. The summed E-state index contributed by atoms with van der Waals surface area (Å²) in [6.45, 7) is 0. The van der Waals surface area contributed by atoms with E-state index in [9.17, 15) is 8.42 Å². The number of thioether (sulfide) groups is 1. The fraction of sp³-hybridized carbons (Fsp3) is 0.750. The van der Waals surface area contributed by atoms with Crippen molar-refractivity contribution in [2.45, 2.75) is 6.42 Å². The number of sulfonamides is 1. The number of rotatable bonds is 0. The van der Waals surface area contributed by atoms with Crippen LogP contribution in [0, 0.1) is 0 Å². The summed E-state index contributed by atoms with van der Waals surface area (Å²) in [7, 11) is -3.23. The zero-order valence-electron chi connectivity index (χ0n) is 5.08. The van der Waals surface area contributed by atoms with Crippen LogP contribution in [0.25, 0.3) is 0 Å². The molecule has 0 aromatic heterocycles. The Kier molecular flexibility index (Phi) is 2.60. The second-order valence-electron chi connectivity index (χ2n) is 1.83. The molecule has 1 aliphatic heterocycles. The molecule has 0 radical (unpaired) electrons. The van der Waals surface area contributed by atoms with Gasteiger partial charge in [-0.2, -0.15) is 0 Å². The molecule has 0 bridgehead atoms. The zero-order valence-corrected chi connectivity index (χ0v) is 7.47.